The van der Waals surface area contributed by atoms with Gasteiger partial charge in [-0.15, -0.1) is 0 Å². The Labute approximate surface area is 123 Å². The third-order valence-corrected chi connectivity index (χ3v) is 3.66. The number of aromatic nitrogens is 2. The van der Waals surface area contributed by atoms with Crippen molar-refractivity contribution in [3.05, 3.63) is 53.9 Å². The van der Waals surface area contributed by atoms with Crippen LogP contribution in [0.1, 0.15) is 17.7 Å². The maximum atomic E-state index is 11.9. The number of nitrogens with zero attached hydrogens (tertiary/aromatic N) is 2. The number of aryl methyl sites for hydroxylation is 1. The molecule has 1 amide bonds. The monoisotopic (exact) mass is 285 g/mol. The van der Waals surface area contributed by atoms with Crippen LogP contribution < -0.4 is 5.32 Å². The predicted octanol–water partition coefficient (Wildman–Crippen LogP) is 1.53. The molecule has 21 heavy (non-hydrogen) atoms. The van der Waals surface area contributed by atoms with Gasteiger partial charge in [0.15, 0.2) is 0 Å². The molecule has 1 aliphatic heterocycles. The summed E-state index contributed by atoms with van der Waals surface area (Å²) in [6.07, 6.45) is 3.56. The Hall–Kier alpha value is -2.14. The minimum absolute atomic E-state index is 0.0519. The van der Waals surface area contributed by atoms with Crippen molar-refractivity contribution in [2.45, 2.75) is 32.0 Å². The van der Waals surface area contributed by atoms with Gasteiger partial charge < -0.3 is 10.1 Å². The number of rotatable bonds is 5. The van der Waals surface area contributed by atoms with Crippen molar-refractivity contribution in [3.8, 4) is 0 Å². The number of hydrogen-bond donors (Lipinski definition) is 1. The molecule has 1 aliphatic rings. The van der Waals surface area contributed by atoms with E-state index < -0.39 is 0 Å². The van der Waals surface area contributed by atoms with E-state index in [9.17, 15) is 4.79 Å². The van der Waals surface area contributed by atoms with E-state index in [-0.39, 0.29) is 18.6 Å². The fraction of sp³-hybridized carbons (Fsp3) is 0.375. The van der Waals surface area contributed by atoms with Gasteiger partial charge in [0.2, 0.25) is 5.91 Å². The van der Waals surface area contributed by atoms with Crippen molar-refractivity contribution in [1.82, 2.24) is 15.1 Å². The summed E-state index contributed by atoms with van der Waals surface area (Å²) in [6.45, 7) is 1.43. The maximum Gasteiger partial charge on any atom is 0.246 e. The summed E-state index contributed by atoms with van der Waals surface area (Å²) in [6, 6.07) is 12.0. The van der Waals surface area contributed by atoms with Crippen LogP contribution in [0.3, 0.4) is 0 Å². The fourth-order valence-electron chi connectivity index (χ4n) is 2.60. The number of nitrogens with one attached hydrogen (secondary N) is 1. The molecule has 1 aromatic carbocycles. The number of carbonyl (C=O) groups is 1. The van der Waals surface area contributed by atoms with Gasteiger partial charge in [0.25, 0.3) is 0 Å². The number of benzene rings is 1. The van der Waals surface area contributed by atoms with E-state index in [0.717, 1.165) is 24.9 Å². The lowest BCUT2D eigenvalue weighted by Crippen LogP contribution is -2.41. The molecule has 2 aromatic rings. The van der Waals surface area contributed by atoms with Gasteiger partial charge in [0.1, 0.15) is 6.61 Å². The predicted molar refractivity (Wildman–Crippen MR) is 78.6 cm³/mol. The van der Waals surface area contributed by atoms with Gasteiger partial charge in [-0.05, 0) is 18.1 Å². The topological polar surface area (TPSA) is 56.1 Å². The zero-order chi connectivity index (χ0) is 14.5. The molecular formula is C16H19N3O2. The van der Waals surface area contributed by atoms with Crippen LogP contribution in [0.15, 0.2) is 42.6 Å². The highest BCUT2D eigenvalue weighted by Crippen LogP contribution is 2.13. The number of amides is 1. The number of fused-ring (bicyclic) bond motifs is 1. The molecule has 5 heteroatoms. The third kappa shape index (κ3) is 3.70. The van der Waals surface area contributed by atoms with Crippen molar-refractivity contribution in [2.75, 3.05) is 6.61 Å². The summed E-state index contributed by atoms with van der Waals surface area (Å²) in [5, 5.41) is 7.26. The van der Waals surface area contributed by atoms with Crippen LogP contribution in [0.25, 0.3) is 0 Å². The Kier molecular flexibility index (Phi) is 4.31. The van der Waals surface area contributed by atoms with E-state index in [0.29, 0.717) is 6.61 Å². The quantitative estimate of drug-likeness (QED) is 0.906. The molecule has 0 aliphatic carbocycles. The van der Waals surface area contributed by atoms with Gasteiger partial charge in [0, 0.05) is 30.9 Å². The Morgan fingerprint density at radius 2 is 2.19 bits per heavy atom. The van der Waals surface area contributed by atoms with Crippen molar-refractivity contribution >= 4 is 5.91 Å². The molecule has 5 nitrogen and oxygen atoms in total. The van der Waals surface area contributed by atoms with Gasteiger partial charge >= 0.3 is 0 Å². The average molecular weight is 285 g/mol. The lowest BCUT2D eigenvalue weighted by atomic mass is 10.0. The lowest BCUT2D eigenvalue weighted by molar-refractivity contribution is -0.126. The average Bonchev–Trinajstić information content (AvgIpc) is 2.96. The van der Waals surface area contributed by atoms with Gasteiger partial charge in [-0.25, -0.2) is 0 Å². The van der Waals surface area contributed by atoms with E-state index in [1.54, 1.807) is 0 Å². The molecule has 0 saturated heterocycles. The summed E-state index contributed by atoms with van der Waals surface area (Å²) in [4.78, 5) is 11.9. The van der Waals surface area contributed by atoms with E-state index in [1.807, 2.05) is 47.3 Å². The molecule has 0 fully saturated rings. The zero-order valence-corrected chi connectivity index (χ0v) is 11.9. The molecule has 0 spiro atoms. The number of ether oxygens (including phenoxy) is 1. The van der Waals surface area contributed by atoms with Gasteiger partial charge in [-0.3, -0.25) is 9.48 Å². The summed E-state index contributed by atoms with van der Waals surface area (Å²) in [5.41, 5.74) is 2.25. The standard InChI is InChI=1S/C16H19N3O2/c20-16(12-21-11-13-4-2-1-3-5-13)18-14-7-9-19-15(10-14)6-8-17-19/h1-6,8,14H,7,9-12H2,(H,18,20)/t14-/m1/s1. The minimum Gasteiger partial charge on any atom is -0.367 e. The molecule has 0 bridgehead atoms. The second-order valence-corrected chi connectivity index (χ2v) is 5.28. The largest absolute Gasteiger partial charge is 0.367 e. The van der Waals surface area contributed by atoms with Crippen LogP contribution in [0, 0.1) is 0 Å². The molecule has 110 valence electrons. The molecule has 1 N–H and O–H groups in total. The fourth-order valence-corrected chi connectivity index (χ4v) is 2.60. The zero-order valence-electron chi connectivity index (χ0n) is 11.9. The number of hydrogen-bond acceptors (Lipinski definition) is 3. The Balaban J connectivity index is 1.41. The molecule has 0 saturated carbocycles. The first-order valence-electron chi connectivity index (χ1n) is 7.23. The van der Waals surface area contributed by atoms with Gasteiger partial charge in [-0.1, -0.05) is 30.3 Å². The molecular weight excluding hydrogens is 266 g/mol. The van der Waals surface area contributed by atoms with Gasteiger partial charge in [-0.2, -0.15) is 5.10 Å². The highest BCUT2D eigenvalue weighted by atomic mass is 16.5. The van der Waals surface area contributed by atoms with Gasteiger partial charge in [0.05, 0.1) is 6.61 Å². The van der Waals surface area contributed by atoms with Crippen LogP contribution in [0.5, 0.6) is 0 Å². The van der Waals surface area contributed by atoms with Crippen LogP contribution in [0.4, 0.5) is 0 Å². The highest BCUT2D eigenvalue weighted by molar-refractivity contribution is 5.77. The smallest absolute Gasteiger partial charge is 0.246 e. The Bertz CT molecular complexity index is 595. The number of carbonyl (C=O) groups excluding carboxylic acids is 1. The van der Waals surface area contributed by atoms with Crippen molar-refractivity contribution < 1.29 is 9.53 Å². The highest BCUT2D eigenvalue weighted by Gasteiger charge is 2.20. The van der Waals surface area contributed by atoms with Crippen molar-refractivity contribution in [3.63, 3.8) is 0 Å². The van der Waals surface area contributed by atoms with E-state index >= 15 is 0 Å². The van der Waals surface area contributed by atoms with Crippen molar-refractivity contribution in [2.24, 2.45) is 0 Å². The Morgan fingerprint density at radius 3 is 3.05 bits per heavy atom. The van der Waals surface area contributed by atoms with Crippen LogP contribution in [-0.2, 0) is 29.1 Å². The van der Waals surface area contributed by atoms with Crippen LogP contribution in [-0.4, -0.2) is 28.3 Å². The molecule has 1 aromatic heterocycles. The second kappa shape index (κ2) is 6.54. The first-order valence-corrected chi connectivity index (χ1v) is 7.23. The normalized spacial score (nSPS) is 17.2. The molecule has 3 rings (SSSR count). The summed E-state index contributed by atoms with van der Waals surface area (Å²) >= 11 is 0. The molecule has 0 unspecified atom stereocenters. The molecule has 2 heterocycles. The first kappa shape index (κ1) is 13.8. The summed E-state index contributed by atoms with van der Waals surface area (Å²) < 4.78 is 7.44. The second-order valence-electron chi connectivity index (χ2n) is 5.28. The minimum atomic E-state index is -0.0519. The molecule has 1 atom stereocenters. The SMILES string of the molecule is O=C(COCc1ccccc1)N[C@@H]1CCn2nccc2C1. The van der Waals surface area contributed by atoms with E-state index in [4.69, 9.17) is 4.74 Å². The first-order chi connectivity index (χ1) is 10.3. The summed E-state index contributed by atoms with van der Waals surface area (Å²) in [7, 11) is 0. The molecule has 0 radical (unpaired) electrons. The Morgan fingerprint density at radius 1 is 1.33 bits per heavy atom. The van der Waals surface area contributed by atoms with Crippen LogP contribution >= 0.6 is 0 Å². The van der Waals surface area contributed by atoms with Crippen molar-refractivity contribution in [1.29, 1.82) is 0 Å². The van der Waals surface area contributed by atoms with E-state index in [1.165, 1.54) is 5.69 Å². The van der Waals surface area contributed by atoms with E-state index in [2.05, 4.69) is 10.4 Å². The lowest BCUT2D eigenvalue weighted by Gasteiger charge is -2.24. The summed E-state index contributed by atoms with van der Waals surface area (Å²) in [5.74, 6) is -0.0519. The third-order valence-electron chi connectivity index (χ3n) is 3.66. The van der Waals surface area contributed by atoms with Crippen LogP contribution in [0.2, 0.25) is 0 Å². The maximum absolute atomic E-state index is 11.9.